The highest BCUT2D eigenvalue weighted by Crippen LogP contribution is 2.41. The molecule has 0 amide bonds. The first-order valence-corrected chi connectivity index (χ1v) is 8.75. The van der Waals surface area contributed by atoms with Gasteiger partial charge in [0.25, 0.3) is 0 Å². The SMILES string of the molecule is COc1cc(Br)cc(NCC2CCC3(CCCCC3)O2)c1. The van der Waals surface area contributed by atoms with Crippen LogP contribution < -0.4 is 10.1 Å². The second-order valence-corrected chi connectivity index (χ2v) is 7.20. The molecule has 21 heavy (non-hydrogen) atoms. The molecular formula is C17H24BrNO2. The Morgan fingerprint density at radius 3 is 2.81 bits per heavy atom. The minimum absolute atomic E-state index is 0.208. The van der Waals surface area contributed by atoms with Gasteiger partial charge in [-0.3, -0.25) is 0 Å². The maximum Gasteiger partial charge on any atom is 0.122 e. The van der Waals surface area contributed by atoms with Crippen molar-refractivity contribution < 1.29 is 9.47 Å². The van der Waals surface area contributed by atoms with Crippen LogP contribution in [0.1, 0.15) is 44.9 Å². The summed E-state index contributed by atoms with van der Waals surface area (Å²) >= 11 is 3.51. The predicted octanol–water partition coefficient (Wildman–Crippen LogP) is 4.75. The van der Waals surface area contributed by atoms with Crippen LogP contribution in [0.5, 0.6) is 5.75 Å². The molecule has 1 unspecified atom stereocenters. The van der Waals surface area contributed by atoms with E-state index in [9.17, 15) is 0 Å². The average molecular weight is 354 g/mol. The van der Waals surface area contributed by atoms with E-state index in [1.165, 1.54) is 44.9 Å². The fourth-order valence-corrected chi connectivity index (χ4v) is 4.09. The summed E-state index contributed by atoms with van der Waals surface area (Å²) in [5, 5.41) is 3.49. The maximum absolute atomic E-state index is 6.39. The summed E-state index contributed by atoms with van der Waals surface area (Å²) in [5.41, 5.74) is 1.29. The minimum Gasteiger partial charge on any atom is -0.497 e. The number of ether oxygens (including phenoxy) is 2. The summed E-state index contributed by atoms with van der Waals surface area (Å²) in [6, 6.07) is 6.07. The Labute approximate surface area is 135 Å². The van der Waals surface area contributed by atoms with Crippen LogP contribution in [-0.4, -0.2) is 25.4 Å². The maximum atomic E-state index is 6.39. The van der Waals surface area contributed by atoms with Crippen LogP contribution in [0, 0.1) is 0 Å². The lowest BCUT2D eigenvalue weighted by Gasteiger charge is -2.33. The zero-order valence-electron chi connectivity index (χ0n) is 12.7. The van der Waals surface area contributed by atoms with E-state index >= 15 is 0 Å². The van der Waals surface area contributed by atoms with Gasteiger partial charge < -0.3 is 14.8 Å². The van der Waals surface area contributed by atoms with Crippen molar-refractivity contribution in [2.75, 3.05) is 19.0 Å². The first kappa shape index (κ1) is 15.2. The van der Waals surface area contributed by atoms with Crippen LogP contribution in [-0.2, 0) is 4.74 Å². The highest BCUT2D eigenvalue weighted by atomic mass is 79.9. The van der Waals surface area contributed by atoms with Crippen LogP contribution in [0.25, 0.3) is 0 Å². The van der Waals surface area contributed by atoms with Crippen molar-refractivity contribution in [3.63, 3.8) is 0 Å². The summed E-state index contributed by atoms with van der Waals surface area (Å²) in [4.78, 5) is 0. The van der Waals surface area contributed by atoms with Crippen LogP contribution in [0.4, 0.5) is 5.69 Å². The summed E-state index contributed by atoms with van der Waals surface area (Å²) in [7, 11) is 1.69. The highest BCUT2D eigenvalue weighted by molar-refractivity contribution is 9.10. The van der Waals surface area contributed by atoms with E-state index in [2.05, 4.69) is 27.3 Å². The third-order valence-electron chi connectivity index (χ3n) is 4.74. The van der Waals surface area contributed by atoms with E-state index in [4.69, 9.17) is 9.47 Å². The van der Waals surface area contributed by atoms with Crippen molar-refractivity contribution in [2.45, 2.75) is 56.7 Å². The van der Waals surface area contributed by atoms with E-state index in [0.29, 0.717) is 6.10 Å². The zero-order chi connectivity index (χ0) is 14.7. The standard InChI is InChI=1S/C17H24BrNO2/c1-20-16-10-13(18)9-14(11-16)19-12-15-5-8-17(21-15)6-3-2-4-7-17/h9-11,15,19H,2-8,12H2,1H3. The molecule has 1 saturated carbocycles. The summed E-state index contributed by atoms with van der Waals surface area (Å²) in [6.45, 7) is 0.876. The molecule has 1 N–H and O–H groups in total. The summed E-state index contributed by atoms with van der Waals surface area (Å²) < 4.78 is 12.7. The van der Waals surface area contributed by atoms with Gasteiger partial charge in [0, 0.05) is 22.8 Å². The van der Waals surface area contributed by atoms with Gasteiger partial charge >= 0.3 is 0 Å². The van der Waals surface area contributed by atoms with E-state index in [-0.39, 0.29) is 5.60 Å². The van der Waals surface area contributed by atoms with Crippen molar-refractivity contribution in [1.29, 1.82) is 0 Å². The normalized spacial score (nSPS) is 24.2. The molecular weight excluding hydrogens is 330 g/mol. The first-order chi connectivity index (χ1) is 10.2. The molecule has 1 aliphatic carbocycles. The summed E-state index contributed by atoms with van der Waals surface area (Å²) in [5.74, 6) is 0.864. The molecule has 1 saturated heterocycles. The van der Waals surface area contributed by atoms with E-state index in [0.717, 1.165) is 22.5 Å². The van der Waals surface area contributed by atoms with Crippen molar-refractivity contribution in [3.8, 4) is 5.75 Å². The highest BCUT2D eigenvalue weighted by Gasteiger charge is 2.40. The van der Waals surface area contributed by atoms with Crippen molar-refractivity contribution >= 4 is 21.6 Å². The third kappa shape index (κ3) is 3.72. The second kappa shape index (κ2) is 6.57. The van der Waals surface area contributed by atoms with E-state index in [1.807, 2.05) is 12.1 Å². The number of nitrogens with one attached hydrogen (secondary N) is 1. The van der Waals surface area contributed by atoms with Gasteiger partial charge in [-0.1, -0.05) is 35.2 Å². The predicted molar refractivity (Wildman–Crippen MR) is 89.1 cm³/mol. The molecule has 1 aromatic carbocycles. The Bertz CT molecular complexity index is 486. The van der Waals surface area contributed by atoms with Gasteiger partial charge in [-0.15, -0.1) is 0 Å². The largest absolute Gasteiger partial charge is 0.497 e. The lowest BCUT2D eigenvalue weighted by atomic mass is 9.83. The average Bonchev–Trinajstić information content (AvgIpc) is 2.88. The van der Waals surface area contributed by atoms with Gasteiger partial charge in [-0.2, -0.15) is 0 Å². The summed E-state index contributed by atoms with van der Waals surface area (Å²) in [6.07, 6.45) is 9.33. The van der Waals surface area contributed by atoms with Crippen LogP contribution >= 0.6 is 15.9 Å². The number of hydrogen-bond acceptors (Lipinski definition) is 3. The molecule has 1 aromatic rings. The fraction of sp³-hybridized carbons (Fsp3) is 0.647. The molecule has 1 aliphatic heterocycles. The molecule has 3 nitrogen and oxygen atoms in total. The van der Waals surface area contributed by atoms with Gasteiger partial charge in [0.1, 0.15) is 5.75 Å². The molecule has 0 radical (unpaired) electrons. The van der Waals surface area contributed by atoms with Crippen molar-refractivity contribution in [2.24, 2.45) is 0 Å². The monoisotopic (exact) mass is 353 g/mol. The number of anilines is 1. The van der Waals surface area contributed by atoms with Crippen molar-refractivity contribution in [3.05, 3.63) is 22.7 Å². The van der Waals surface area contributed by atoms with Gasteiger partial charge in [-0.05, 0) is 37.8 Å². The van der Waals surface area contributed by atoms with Gasteiger partial charge in [0.2, 0.25) is 0 Å². The first-order valence-electron chi connectivity index (χ1n) is 7.95. The lowest BCUT2D eigenvalue weighted by Crippen LogP contribution is -2.33. The molecule has 3 rings (SSSR count). The van der Waals surface area contributed by atoms with Crippen molar-refractivity contribution in [1.82, 2.24) is 0 Å². The van der Waals surface area contributed by atoms with Gasteiger partial charge in [0.05, 0.1) is 18.8 Å². The topological polar surface area (TPSA) is 30.5 Å². The molecule has 4 heteroatoms. The number of hydrogen-bond donors (Lipinski definition) is 1. The minimum atomic E-state index is 0.208. The number of rotatable bonds is 4. The van der Waals surface area contributed by atoms with E-state index < -0.39 is 0 Å². The molecule has 116 valence electrons. The van der Waals surface area contributed by atoms with Gasteiger partial charge in [0.15, 0.2) is 0 Å². The van der Waals surface area contributed by atoms with Crippen LogP contribution in [0.2, 0.25) is 0 Å². The Balaban J connectivity index is 1.55. The Morgan fingerprint density at radius 2 is 2.05 bits per heavy atom. The third-order valence-corrected chi connectivity index (χ3v) is 5.20. The molecule has 0 aromatic heterocycles. The number of benzene rings is 1. The zero-order valence-corrected chi connectivity index (χ0v) is 14.2. The fourth-order valence-electron chi connectivity index (χ4n) is 3.62. The number of methoxy groups -OCH3 is 1. The Morgan fingerprint density at radius 1 is 1.24 bits per heavy atom. The Hall–Kier alpha value is -0.740. The van der Waals surface area contributed by atoms with E-state index in [1.54, 1.807) is 7.11 Å². The van der Waals surface area contributed by atoms with Gasteiger partial charge in [-0.25, -0.2) is 0 Å². The molecule has 2 fully saturated rings. The quantitative estimate of drug-likeness (QED) is 0.846. The Kier molecular flexibility index (Phi) is 4.75. The molecule has 1 heterocycles. The number of halogens is 1. The van der Waals surface area contributed by atoms with Crippen LogP contribution in [0.3, 0.4) is 0 Å². The molecule has 1 atom stereocenters. The smallest absolute Gasteiger partial charge is 0.122 e. The second-order valence-electron chi connectivity index (χ2n) is 6.28. The van der Waals surface area contributed by atoms with Crippen LogP contribution in [0.15, 0.2) is 22.7 Å². The lowest BCUT2D eigenvalue weighted by molar-refractivity contribution is -0.0588. The molecule has 2 aliphatic rings. The molecule has 1 spiro atoms. The molecule has 0 bridgehead atoms.